The summed E-state index contributed by atoms with van der Waals surface area (Å²) in [6.07, 6.45) is 1.57. The molecule has 0 fully saturated rings. The van der Waals surface area contributed by atoms with Crippen LogP contribution in [0, 0.1) is 0 Å². The highest BCUT2D eigenvalue weighted by Gasteiger charge is 2.27. The van der Waals surface area contributed by atoms with E-state index in [9.17, 15) is 5.11 Å². The fourth-order valence-corrected chi connectivity index (χ4v) is 3.45. The van der Waals surface area contributed by atoms with Gasteiger partial charge in [0.05, 0.1) is 13.2 Å². The monoisotopic (exact) mass is 326 g/mol. The van der Waals surface area contributed by atoms with Gasteiger partial charge in [0.2, 0.25) is 0 Å². The molecule has 0 aliphatic heterocycles. The second-order valence-electron chi connectivity index (χ2n) is 6.50. The van der Waals surface area contributed by atoms with E-state index in [1.54, 1.807) is 7.11 Å². The van der Waals surface area contributed by atoms with Gasteiger partial charge < -0.3 is 15.6 Å². The number of aliphatic hydroxyl groups excluding tert-OH is 1. The maximum absolute atomic E-state index is 10.1. The SMILES string of the molecule is COc1ccc(CN(CC(O)CN)C2Cc3ccccc3C2)cc1. The summed E-state index contributed by atoms with van der Waals surface area (Å²) in [6, 6.07) is 17.2. The van der Waals surface area contributed by atoms with Gasteiger partial charge in [-0.05, 0) is 41.7 Å². The lowest BCUT2D eigenvalue weighted by molar-refractivity contribution is 0.0886. The van der Waals surface area contributed by atoms with Crippen molar-refractivity contribution in [3.8, 4) is 5.75 Å². The van der Waals surface area contributed by atoms with Gasteiger partial charge in [-0.25, -0.2) is 0 Å². The molecule has 3 rings (SSSR count). The highest BCUT2D eigenvalue weighted by Crippen LogP contribution is 2.27. The van der Waals surface area contributed by atoms with Gasteiger partial charge in [-0.15, -0.1) is 0 Å². The molecule has 3 N–H and O–H groups in total. The van der Waals surface area contributed by atoms with E-state index >= 15 is 0 Å². The highest BCUT2D eigenvalue weighted by atomic mass is 16.5. The van der Waals surface area contributed by atoms with Gasteiger partial charge in [0, 0.05) is 25.7 Å². The minimum absolute atomic E-state index is 0.290. The van der Waals surface area contributed by atoms with Crippen LogP contribution < -0.4 is 10.5 Å². The van der Waals surface area contributed by atoms with Gasteiger partial charge in [-0.3, -0.25) is 4.90 Å². The lowest BCUT2D eigenvalue weighted by Crippen LogP contribution is -2.42. The highest BCUT2D eigenvalue weighted by molar-refractivity contribution is 5.33. The molecule has 1 unspecified atom stereocenters. The van der Waals surface area contributed by atoms with Crippen LogP contribution in [0.5, 0.6) is 5.75 Å². The van der Waals surface area contributed by atoms with Crippen LogP contribution in [0.2, 0.25) is 0 Å². The number of nitrogens with two attached hydrogens (primary N) is 1. The van der Waals surface area contributed by atoms with Crippen LogP contribution in [0.15, 0.2) is 48.5 Å². The van der Waals surface area contributed by atoms with Crippen molar-refractivity contribution in [2.45, 2.75) is 31.5 Å². The minimum atomic E-state index is -0.494. The normalized spacial score (nSPS) is 15.5. The summed E-state index contributed by atoms with van der Waals surface area (Å²) < 4.78 is 5.23. The predicted octanol–water partition coefficient (Wildman–Crippen LogP) is 1.98. The van der Waals surface area contributed by atoms with Gasteiger partial charge >= 0.3 is 0 Å². The molecule has 1 atom stereocenters. The quantitative estimate of drug-likeness (QED) is 0.817. The first kappa shape index (κ1) is 17.0. The smallest absolute Gasteiger partial charge is 0.118 e. The van der Waals surface area contributed by atoms with Crippen LogP contribution in [0.1, 0.15) is 16.7 Å². The molecule has 0 aromatic heterocycles. The lowest BCUT2D eigenvalue weighted by atomic mass is 10.1. The Morgan fingerprint density at radius 3 is 2.29 bits per heavy atom. The number of aliphatic hydroxyl groups is 1. The van der Waals surface area contributed by atoms with Crippen LogP contribution in [-0.2, 0) is 19.4 Å². The first-order valence-electron chi connectivity index (χ1n) is 8.51. The Morgan fingerprint density at radius 1 is 1.12 bits per heavy atom. The zero-order chi connectivity index (χ0) is 16.9. The maximum atomic E-state index is 10.1. The minimum Gasteiger partial charge on any atom is -0.497 e. The van der Waals surface area contributed by atoms with E-state index in [0.717, 1.165) is 25.1 Å². The van der Waals surface area contributed by atoms with Crippen LogP contribution in [0.3, 0.4) is 0 Å². The van der Waals surface area contributed by atoms with Crippen molar-refractivity contribution in [1.29, 1.82) is 0 Å². The van der Waals surface area contributed by atoms with Gasteiger partial charge in [0.1, 0.15) is 5.75 Å². The van der Waals surface area contributed by atoms with E-state index in [1.807, 2.05) is 12.1 Å². The summed E-state index contributed by atoms with van der Waals surface area (Å²) in [5.41, 5.74) is 9.70. The molecule has 0 radical (unpaired) electrons. The Labute approximate surface area is 143 Å². The number of methoxy groups -OCH3 is 1. The van der Waals surface area contributed by atoms with Crippen molar-refractivity contribution >= 4 is 0 Å². The second-order valence-corrected chi connectivity index (χ2v) is 6.50. The summed E-state index contributed by atoms with van der Waals surface area (Å²) in [4.78, 5) is 2.36. The Hall–Kier alpha value is -1.88. The van der Waals surface area contributed by atoms with Gasteiger partial charge in [-0.2, -0.15) is 0 Å². The third-order valence-corrected chi connectivity index (χ3v) is 4.81. The molecule has 0 spiro atoms. The Bertz CT molecular complexity index is 632. The first-order valence-corrected chi connectivity index (χ1v) is 8.51. The van der Waals surface area contributed by atoms with Crippen LogP contribution in [0.25, 0.3) is 0 Å². The fourth-order valence-electron chi connectivity index (χ4n) is 3.45. The molecule has 0 heterocycles. The van der Waals surface area contributed by atoms with Crippen LogP contribution >= 0.6 is 0 Å². The number of hydrogen-bond acceptors (Lipinski definition) is 4. The van der Waals surface area contributed by atoms with Crippen LogP contribution in [0.4, 0.5) is 0 Å². The summed E-state index contributed by atoms with van der Waals surface area (Å²) in [5.74, 6) is 0.862. The molecule has 2 aromatic rings. The Morgan fingerprint density at radius 2 is 1.75 bits per heavy atom. The van der Waals surface area contributed by atoms with Crippen molar-refractivity contribution in [2.75, 3.05) is 20.2 Å². The zero-order valence-electron chi connectivity index (χ0n) is 14.2. The summed E-state index contributed by atoms with van der Waals surface area (Å²) in [7, 11) is 1.68. The molecule has 0 bridgehead atoms. The fraction of sp³-hybridized carbons (Fsp3) is 0.400. The zero-order valence-corrected chi connectivity index (χ0v) is 14.2. The van der Waals surface area contributed by atoms with E-state index < -0.39 is 6.10 Å². The topological polar surface area (TPSA) is 58.7 Å². The van der Waals surface area contributed by atoms with E-state index in [1.165, 1.54) is 16.7 Å². The third-order valence-electron chi connectivity index (χ3n) is 4.81. The molecule has 0 amide bonds. The third kappa shape index (κ3) is 3.96. The first-order chi connectivity index (χ1) is 11.7. The van der Waals surface area contributed by atoms with Crippen molar-refractivity contribution in [1.82, 2.24) is 4.90 Å². The van der Waals surface area contributed by atoms with Crippen molar-refractivity contribution in [2.24, 2.45) is 5.73 Å². The number of fused-ring (bicyclic) bond motifs is 1. The second kappa shape index (κ2) is 7.79. The van der Waals surface area contributed by atoms with Crippen LogP contribution in [-0.4, -0.2) is 42.4 Å². The molecular weight excluding hydrogens is 300 g/mol. The molecule has 2 aromatic carbocycles. The molecule has 1 aliphatic carbocycles. The maximum Gasteiger partial charge on any atom is 0.118 e. The van der Waals surface area contributed by atoms with Crippen molar-refractivity contribution < 1.29 is 9.84 Å². The molecule has 24 heavy (non-hydrogen) atoms. The summed E-state index contributed by atoms with van der Waals surface area (Å²) >= 11 is 0. The average Bonchev–Trinajstić information content (AvgIpc) is 3.05. The van der Waals surface area contributed by atoms with E-state index in [2.05, 4.69) is 41.3 Å². The standard InChI is InChI=1S/C20H26N2O2/c1-24-20-8-6-15(7-9-20)13-22(14-19(23)12-21)18-10-16-4-2-3-5-17(16)11-18/h2-9,18-19,23H,10-14,21H2,1H3. The Balaban J connectivity index is 1.74. The number of hydrogen-bond donors (Lipinski definition) is 2. The molecule has 0 saturated carbocycles. The Kier molecular flexibility index (Phi) is 5.51. The summed E-state index contributed by atoms with van der Waals surface area (Å²) in [6.45, 7) is 1.69. The van der Waals surface area contributed by atoms with E-state index in [4.69, 9.17) is 10.5 Å². The molecule has 4 heteroatoms. The van der Waals surface area contributed by atoms with Gasteiger partial charge in [0.25, 0.3) is 0 Å². The van der Waals surface area contributed by atoms with Crippen molar-refractivity contribution in [3.05, 3.63) is 65.2 Å². The lowest BCUT2D eigenvalue weighted by Gasteiger charge is -2.30. The van der Waals surface area contributed by atoms with Gasteiger partial charge in [-0.1, -0.05) is 36.4 Å². The molecular formula is C20H26N2O2. The van der Waals surface area contributed by atoms with Gasteiger partial charge in [0.15, 0.2) is 0 Å². The van der Waals surface area contributed by atoms with E-state index in [-0.39, 0.29) is 0 Å². The average molecular weight is 326 g/mol. The molecule has 4 nitrogen and oxygen atoms in total. The predicted molar refractivity (Wildman–Crippen MR) is 96.1 cm³/mol. The molecule has 0 saturated heterocycles. The number of benzene rings is 2. The number of ether oxygens (including phenoxy) is 1. The largest absolute Gasteiger partial charge is 0.497 e. The molecule has 1 aliphatic rings. The van der Waals surface area contributed by atoms with E-state index in [0.29, 0.717) is 19.1 Å². The number of rotatable bonds is 7. The van der Waals surface area contributed by atoms with Crippen molar-refractivity contribution in [3.63, 3.8) is 0 Å². The summed E-state index contributed by atoms with van der Waals surface area (Å²) in [5, 5.41) is 10.1. The molecule has 128 valence electrons. The number of nitrogens with zero attached hydrogens (tertiary/aromatic N) is 1.